The van der Waals surface area contributed by atoms with E-state index in [1.54, 1.807) is 0 Å². The molecule has 0 bridgehead atoms. The number of anilines is 1. The molecule has 0 spiro atoms. The molecule has 0 heterocycles. The van der Waals surface area contributed by atoms with Gasteiger partial charge in [0.15, 0.2) is 0 Å². The van der Waals surface area contributed by atoms with Crippen molar-refractivity contribution in [3.8, 4) is 11.8 Å². The number of alkyl halides is 3. The largest absolute Gasteiger partial charge is 0.416 e. The third-order valence-corrected chi connectivity index (χ3v) is 2.60. The fourth-order valence-electron chi connectivity index (χ4n) is 1.59. The zero-order chi connectivity index (χ0) is 14.4. The topological polar surface area (TPSA) is 12.0 Å². The van der Waals surface area contributed by atoms with Crippen molar-refractivity contribution in [2.45, 2.75) is 6.18 Å². The van der Waals surface area contributed by atoms with E-state index in [-0.39, 0.29) is 0 Å². The normalized spacial score (nSPS) is 10.6. The second kappa shape index (κ2) is 6.16. The van der Waals surface area contributed by atoms with Crippen LogP contribution in [0.2, 0.25) is 0 Å². The Morgan fingerprint density at radius 1 is 0.900 bits per heavy atom. The Kier molecular flexibility index (Phi) is 4.31. The lowest BCUT2D eigenvalue weighted by Gasteiger charge is -2.05. The molecule has 1 nitrogen and oxygen atoms in total. The van der Waals surface area contributed by atoms with Crippen LogP contribution in [0, 0.1) is 11.8 Å². The number of para-hydroxylation sites is 1. The summed E-state index contributed by atoms with van der Waals surface area (Å²) in [6.07, 6.45) is -4.30. The first-order valence-corrected chi connectivity index (χ1v) is 6.01. The van der Waals surface area contributed by atoms with Crippen LogP contribution in [0.15, 0.2) is 54.6 Å². The van der Waals surface area contributed by atoms with Crippen LogP contribution in [0.4, 0.5) is 18.9 Å². The van der Waals surface area contributed by atoms with Gasteiger partial charge in [0.05, 0.1) is 12.1 Å². The molecule has 0 unspecified atom stereocenters. The van der Waals surface area contributed by atoms with Gasteiger partial charge in [0.1, 0.15) is 0 Å². The molecule has 2 aromatic carbocycles. The summed E-state index contributed by atoms with van der Waals surface area (Å²) < 4.78 is 37.1. The molecule has 0 aliphatic carbocycles. The molecular weight excluding hydrogens is 263 g/mol. The summed E-state index contributed by atoms with van der Waals surface area (Å²) in [5, 5.41) is 3.10. The van der Waals surface area contributed by atoms with Crippen LogP contribution in [0.3, 0.4) is 0 Å². The maximum Gasteiger partial charge on any atom is 0.416 e. The Morgan fingerprint density at radius 3 is 2.15 bits per heavy atom. The van der Waals surface area contributed by atoms with Crippen molar-refractivity contribution in [3.63, 3.8) is 0 Å². The smallest absolute Gasteiger partial charge is 0.374 e. The fraction of sp³-hybridized carbons (Fsp3) is 0.125. The van der Waals surface area contributed by atoms with Crippen LogP contribution in [0.25, 0.3) is 0 Å². The molecule has 20 heavy (non-hydrogen) atoms. The SMILES string of the molecule is FC(F)(F)c1ccc(C#CCNc2ccccc2)cc1. The van der Waals surface area contributed by atoms with E-state index in [4.69, 9.17) is 0 Å². The molecule has 0 radical (unpaired) electrons. The molecular formula is C16H12F3N. The summed E-state index contributed by atoms with van der Waals surface area (Å²) in [5.74, 6) is 5.68. The Morgan fingerprint density at radius 2 is 1.55 bits per heavy atom. The van der Waals surface area contributed by atoms with Gasteiger partial charge in [-0.2, -0.15) is 13.2 Å². The van der Waals surface area contributed by atoms with Crippen molar-refractivity contribution in [1.29, 1.82) is 0 Å². The van der Waals surface area contributed by atoms with E-state index < -0.39 is 11.7 Å². The summed E-state index contributed by atoms with van der Waals surface area (Å²) >= 11 is 0. The second-order valence-corrected chi connectivity index (χ2v) is 4.10. The monoisotopic (exact) mass is 275 g/mol. The third kappa shape index (κ3) is 4.06. The molecule has 0 saturated carbocycles. The van der Waals surface area contributed by atoms with Gasteiger partial charge in [-0.3, -0.25) is 0 Å². The number of rotatable bonds is 2. The highest BCUT2D eigenvalue weighted by Gasteiger charge is 2.29. The van der Waals surface area contributed by atoms with Crippen LogP contribution in [-0.2, 0) is 6.18 Å². The van der Waals surface area contributed by atoms with E-state index in [9.17, 15) is 13.2 Å². The summed E-state index contributed by atoms with van der Waals surface area (Å²) in [7, 11) is 0. The van der Waals surface area contributed by atoms with E-state index in [0.29, 0.717) is 12.1 Å². The lowest BCUT2D eigenvalue weighted by Crippen LogP contribution is -2.04. The third-order valence-electron chi connectivity index (χ3n) is 2.60. The van der Waals surface area contributed by atoms with E-state index in [1.165, 1.54) is 12.1 Å². The minimum atomic E-state index is -4.30. The Hall–Kier alpha value is -2.41. The van der Waals surface area contributed by atoms with Crippen molar-refractivity contribution in [2.24, 2.45) is 0 Å². The van der Waals surface area contributed by atoms with Crippen molar-refractivity contribution in [1.82, 2.24) is 0 Å². The van der Waals surface area contributed by atoms with E-state index in [1.807, 2.05) is 30.3 Å². The average molecular weight is 275 g/mol. The summed E-state index contributed by atoms with van der Waals surface area (Å²) in [6.45, 7) is 0.436. The Labute approximate surface area is 115 Å². The standard InChI is InChI=1S/C16H12F3N/c17-16(18,19)14-10-8-13(9-11-14)5-4-12-20-15-6-2-1-3-7-15/h1-3,6-11,20H,12H2. The van der Waals surface area contributed by atoms with Gasteiger partial charge < -0.3 is 5.32 Å². The molecule has 4 heteroatoms. The first-order valence-electron chi connectivity index (χ1n) is 6.01. The van der Waals surface area contributed by atoms with Gasteiger partial charge in [-0.1, -0.05) is 30.0 Å². The predicted octanol–water partition coefficient (Wildman–Crippen LogP) is 4.17. The van der Waals surface area contributed by atoms with Crippen molar-refractivity contribution in [2.75, 3.05) is 11.9 Å². The fourth-order valence-corrected chi connectivity index (χ4v) is 1.59. The minimum absolute atomic E-state index is 0.436. The van der Waals surface area contributed by atoms with Gasteiger partial charge in [0.2, 0.25) is 0 Å². The molecule has 0 atom stereocenters. The molecule has 0 aliphatic heterocycles. The summed E-state index contributed by atoms with van der Waals surface area (Å²) in [6, 6.07) is 14.4. The highest BCUT2D eigenvalue weighted by atomic mass is 19.4. The van der Waals surface area contributed by atoms with E-state index >= 15 is 0 Å². The molecule has 1 N–H and O–H groups in total. The predicted molar refractivity (Wildman–Crippen MR) is 73.3 cm³/mol. The lowest BCUT2D eigenvalue weighted by molar-refractivity contribution is -0.137. The van der Waals surface area contributed by atoms with Crippen molar-refractivity contribution in [3.05, 3.63) is 65.7 Å². The number of hydrogen-bond donors (Lipinski definition) is 1. The Bertz CT molecular complexity index is 604. The number of benzene rings is 2. The first kappa shape index (κ1) is 14.0. The van der Waals surface area contributed by atoms with Gasteiger partial charge in [-0.05, 0) is 36.4 Å². The van der Waals surface area contributed by atoms with Crippen LogP contribution < -0.4 is 5.32 Å². The highest BCUT2D eigenvalue weighted by Crippen LogP contribution is 2.28. The number of nitrogens with one attached hydrogen (secondary N) is 1. The molecule has 0 aliphatic rings. The average Bonchev–Trinajstić information content (AvgIpc) is 2.44. The maximum absolute atomic E-state index is 12.4. The lowest BCUT2D eigenvalue weighted by atomic mass is 10.1. The van der Waals surface area contributed by atoms with Crippen molar-refractivity contribution >= 4 is 5.69 Å². The van der Waals surface area contributed by atoms with Crippen molar-refractivity contribution < 1.29 is 13.2 Å². The molecule has 2 aromatic rings. The minimum Gasteiger partial charge on any atom is -0.374 e. The van der Waals surface area contributed by atoms with Crippen LogP contribution >= 0.6 is 0 Å². The molecule has 102 valence electrons. The molecule has 2 rings (SSSR count). The maximum atomic E-state index is 12.4. The molecule has 0 fully saturated rings. The van der Waals surface area contributed by atoms with Gasteiger partial charge in [0, 0.05) is 11.3 Å². The van der Waals surface area contributed by atoms with Gasteiger partial charge >= 0.3 is 6.18 Å². The van der Waals surface area contributed by atoms with Gasteiger partial charge in [0.25, 0.3) is 0 Å². The second-order valence-electron chi connectivity index (χ2n) is 4.10. The van der Waals surface area contributed by atoms with E-state index in [2.05, 4.69) is 17.2 Å². The molecule has 0 amide bonds. The van der Waals surface area contributed by atoms with Crippen LogP contribution in [0.1, 0.15) is 11.1 Å². The van der Waals surface area contributed by atoms with Crippen LogP contribution in [-0.4, -0.2) is 6.54 Å². The summed E-state index contributed by atoms with van der Waals surface area (Å²) in [4.78, 5) is 0. The quantitative estimate of drug-likeness (QED) is 0.811. The van der Waals surface area contributed by atoms with Crippen LogP contribution in [0.5, 0.6) is 0 Å². The molecule has 0 saturated heterocycles. The molecule has 0 aromatic heterocycles. The van der Waals surface area contributed by atoms with Gasteiger partial charge in [-0.25, -0.2) is 0 Å². The zero-order valence-electron chi connectivity index (χ0n) is 10.5. The number of hydrogen-bond acceptors (Lipinski definition) is 1. The zero-order valence-corrected chi connectivity index (χ0v) is 10.5. The van der Waals surface area contributed by atoms with Gasteiger partial charge in [-0.15, -0.1) is 0 Å². The first-order chi connectivity index (χ1) is 9.55. The Balaban J connectivity index is 1.93. The summed E-state index contributed by atoms with van der Waals surface area (Å²) in [5.41, 5.74) is 0.854. The number of halogens is 3. The highest BCUT2D eigenvalue weighted by molar-refractivity contribution is 5.44. The van der Waals surface area contributed by atoms with E-state index in [0.717, 1.165) is 17.8 Å².